The maximum atomic E-state index is 8.54. The topological polar surface area (TPSA) is 23.5 Å². The Labute approximate surface area is 65.6 Å². The molecule has 1 atom stereocenters. The quantitative estimate of drug-likeness (QED) is 0.422. The van der Waals surface area contributed by atoms with E-state index in [9.17, 15) is 0 Å². The summed E-state index contributed by atoms with van der Waals surface area (Å²) in [4.78, 5) is 2.35. The molecule has 1 heterocycles. The van der Waals surface area contributed by atoms with Gasteiger partial charge in [0.2, 0.25) is 0 Å². The number of hydrogen-bond acceptors (Lipinski definition) is 2. The third-order valence-electron chi connectivity index (χ3n) is 1.63. The molecule has 0 radical (unpaired) electrons. The summed E-state index contributed by atoms with van der Waals surface area (Å²) in [5.41, 5.74) is 0. The van der Waals surface area contributed by atoms with Crippen LogP contribution in [0.4, 0.5) is 0 Å². The van der Waals surface area contributed by atoms with E-state index in [2.05, 4.69) is 11.9 Å². The average Bonchev–Trinajstić information content (AvgIpc) is 2.18. The minimum atomic E-state index is -0.0593. The van der Waals surface area contributed by atoms with Crippen LogP contribution in [0.2, 0.25) is 0 Å². The van der Waals surface area contributed by atoms with Gasteiger partial charge in [-0.2, -0.15) is 0 Å². The summed E-state index contributed by atoms with van der Waals surface area (Å²) in [5.74, 6) is 0. The van der Waals surface area contributed by atoms with E-state index in [1.54, 1.807) is 0 Å². The Morgan fingerprint density at radius 2 is 2.56 bits per heavy atom. The van der Waals surface area contributed by atoms with Crippen LogP contribution in [0.15, 0.2) is 0 Å². The monoisotopic (exact) mass is 241 g/mol. The molecule has 0 aliphatic carbocycles. The fourth-order valence-corrected chi connectivity index (χ4v) is 3.09. The van der Waals surface area contributed by atoms with Crippen molar-refractivity contribution in [3.8, 4) is 0 Å². The van der Waals surface area contributed by atoms with Crippen LogP contribution in [0.3, 0.4) is 0 Å². The number of likely N-dealkylation sites (tertiary alicyclic amines) is 1. The first-order valence-corrected chi connectivity index (χ1v) is 5.62. The lowest BCUT2D eigenvalue weighted by atomic mass is 10.4. The third kappa shape index (κ3) is 1.98. The van der Waals surface area contributed by atoms with Crippen molar-refractivity contribution >= 4 is 24.9 Å². The van der Waals surface area contributed by atoms with Crippen molar-refractivity contribution in [3.05, 3.63) is 0 Å². The minimum absolute atomic E-state index is 0.0593. The number of rotatable bonds is 1. The van der Waals surface area contributed by atoms with Crippen LogP contribution in [-0.2, 0) is 0 Å². The number of hydrogen-bond donors (Lipinski definition) is 1. The second-order valence-corrected chi connectivity index (χ2v) is 4.99. The molecule has 1 rings (SSSR count). The Morgan fingerprint density at radius 3 is 3.00 bits per heavy atom. The van der Waals surface area contributed by atoms with Crippen LogP contribution in [-0.4, -0.2) is 31.8 Å². The van der Waals surface area contributed by atoms with Gasteiger partial charge in [0.15, 0.2) is 0 Å². The van der Waals surface area contributed by atoms with Crippen molar-refractivity contribution in [3.63, 3.8) is 0 Å². The van der Waals surface area contributed by atoms with Gasteiger partial charge in [-0.15, -0.1) is 0 Å². The number of aliphatic hydroxyl groups excluding tert-OH is 1. The number of nitrogens with zero attached hydrogens (tertiary/aromatic N) is 1. The van der Waals surface area contributed by atoms with E-state index < -0.39 is 0 Å². The zero-order valence-electron chi connectivity index (χ0n) is 5.55. The summed E-state index contributed by atoms with van der Waals surface area (Å²) >= 11 is -0.0593. The number of alkyl halides is 1. The van der Waals surface area contributed by atoms with Crippen LogP contribution in [0.1, 0.15) is 12.8 Å². The molecule has 1 unspecified atom stereocenters. The van der Waals surface area contributed by atoms with Gasteiger partial charge in [-0.05, 0) is 26.4 Å². The first kappa shape index (κ1) is 7.63. The van der Waals surface area contributed by atoms with Crippen molar-refractivity contribution in [2.75, 3.05) is 13.6 Å². The summed E-state index contributed by atoms with van der Waals surface area (Å²) in [6, 6.07) is 0. The van der Waals surface area contributed by atoms with Crippen LogP contribution in [0.25, 0.3) is 0 Å². The lowest BCUT2D eigenvalue weighted by Gasteiger charge is -2.12. The molecule has 1 saturated heterocycles. The molecule has 0 bridgehead atoms. The number of aliphatic hydroxyl groups is 1. The Bertz CT molecular complexity index is 116. The third-order valence-corrected chi connectivity index (χ3v) is 4.36. The standard InChI is InChI=1S/C6H12INO/c1-8-4-2-3-6(8)7-5-9/h5-6,9H,2-4H2,1H3. The maximum Gasteiger partial charge on any atom is 0.0652 e. The van der Waals surface area contributed by atoms with Gasteiger partial charge in [0.05, 0.1) is 8.25 Å². The zero-order valence-corrected chi connectivity index (χ0v) is 7.71. The summed E-state index contributed by atoms with van der Waals surface area (Å²) in [7, 11) is 2.14. The van der Waals surface area contributed by atoms with Gasteiger partial charge in [0, 0.05) is 0 Å². The Kier molecular flexibility index (Phi) is 3.08. The second-order valence-electron chi connectivity index (χ2n) is 2.28. The second kappa shape index (κ2) is 3.63. The normalized spacial score (nSPS) is 31.1. The molecule has 1 fully saturated rings. The van der Waals surface area contributed by atoms with Crippen molar-refractivity contribution in [2.45, 2.75) is 16.9 Å². The molecule has 1 N–H and O–H groups in total. The van der Waals surface area contributed by atoms with Crippen molar-refractivity contribution in [1.82, 2.24) is 4.90 Å². The first-order chi connectivity index (χ1) is 4.34. The fraction of sp³-hybridized carbons (Fsp3) is 0.833. The van der Waals surface area contributed by atoms with Gasteiger partial charge in [-0.25, -0.2) is 0 Å². The highest BCUT2D eigenvalue weighted by Gasteiger charge is 2.17. The first-order valence-electron chi connectivity index (χ1n) is 3.12. The molecule has 1 aliphatic heterocycles. The molecule has 0 aromatic carbocycles. The Balaban J connectivity index is 2.39. The van der Waals surface area contributed by atoms with E-state index in [0.29, 0.717) is 4.05 Å². The van der Waals surface area contributed by atoms with E-state index in [4.69, 9.17) is 5.11 Å². The Morgan fingerprint density at radius 1 is 1.78 bits per heavy atom. The molecule has 3 heteroatoms. The SMILES string of the molecule is CN1CCCC1I=CO. The van der Waals surface area contributed by atoms with E-state index >= 15 is 0 Å². The van der Waals surface area contributed by atoms with Crippen LogP contribution in [0.5, 0.6) is 0 Å². The van der Waals surface area contributed by atoms with Crippen molar-refractivity contribution < 1.29 is 5.11 Å². The summed E-state index contributed by atoms with van der Waals surface area (Å²) < 4.78 is 2.10. The highest BCUT2D eigenvalue weighted by molar-refractivity contribution is 14.2. The summed E-state index contributed by atoms with van der Waals surface area (Å²) in [6.45, 7) is 1.22. The molecule has 0 amide bonds. The largest absolute Gasteiger partial charge is 0.363 e. The van der Waals surface area contributed by atoms with Crippen molar-refractivity contribution in [2.24, 2.45) is 0 Å². The zero-order chi connectivity index (χ0) is 6.69. The summed E-state index contributed by atoms with van der Waals surface area (Å²) in [5, 5.41) is 8.54. The lowest BCUT2D eigenvalue weighted by molar-refractivity contribution is 0.403. The van der Waals surface area contributed by atoms with E-state index in [0.717, 1.165) is 0 Å². The molecular weight excluding hydrogens is 229 g/mol. The van der Waals surface area contributed by atoms with E-state index in [1.807, 2.05) is 0 Å². The smallest absolute Gasteiger partial charge is 0.0652 e. The lowest BCUT2D eigenvalue weighted by Crippen LogP contribution is -2.19. The highest BCUT2D eigenvalue weighted by Crippen LogP contribution is 2.23. The molecular formula is C6H12INO. The van der Waals surface area contributed by atoms with Gasteiger partial charge in [0.25, 0.3) is 0 Å². The Hall–Kier alpha value is 0.520. The molecule has 0 aromatic rings. The maximum absolute atomic E-state index is 8.54. The van der Waals surface area contributed by atoms with Gasteiger partial charge in [0.1, 0.15) is 0 Å². The van der Waals surface area contributed by atoms with Gasteiger partial charge >= 0.3 is 0 Å². The van der Waals surface area contributed by atoms with Crippen LogP contribution in [0, 0.1) is 0 Å². The van der Waals surface area contributed by atoms with Crippen molar-refractivity contribution in [1.29, 1.82) is 0 Å². The molecule has 0 spiro atoms. The van der Waals surface area contributed by atoms with Crippen LogP contribution < -0.4 is 0 Å². The van der Waals surface area contributed by atoms with Gasteiger partial charge in [-0.1, -0.05) is 20.7 Å². The van der Waals surface area contributed by atoms with Gasteiger partial charge < -0.3 is 5.11 Å². The summed E-state index contributed by atoms with van der Waals surface area (Å²) in [6.07, 6.45) is 2.61. The van der Waals surface area contributed by atoms with Gasteiger partial charge in [-0.3, -0.25) is 4.90 Å². The highest BCUT2D eigenvalue weighted by atomic mass is 127. The average molecular weight is 241 g/mol. The van der Waals surface area contributed by atoms with E-state index in [1.165, 1.54) is 23.6 Å². The predicted molar refractivity (Wildman–Crippen MR) is 47.7 cm³/mol. The van der Waals surface area contributed by atoms with E-state index in [-0.39, 0.29) is 20.7 Å². The minimum Gasteiger partial charge on any atom is -0.363 e. The molecule has 2 nitrogen and oxygen atoms in total. The molecule has 0 aromatic heterocycles. The molecule has 1 aliphatic rings. The number of halogens is 1. The molecule has 0 saturated carbocycles. The molecule has 9 heavy (non-hydrogen) atoms. The molecule has 54 valence electrons. The fourth-order valence-electron chi connectivity index (χ4n) is 1.09. The predicted octanol–water partition coefficient (Wildman–Crippen LogP) is 1.14. The van der Waals surface area contributed by atoms with Crippen LogP contribution >= 0.6 is 20.7 Å².